The molecule has 0 radical (unpaired) electrons. The first-order valence-corrected chi connectivity index (χ1v) is 7.46. The molecule has 0 bridgehead atoms. The molecule has 19 heavy (non-hydrogen) atoms. The maximum atomic E-state index is 5.99. The largest absolute Gasteiger partial charge is 0.384 e. The van der Waals surface area contributed by atoms with Gasteiger partial charge in [-0.3, -0.25) is 0 Å². The number of nitrogens with two attached hydrogens (primary N) is 1. The summed E-state index contributed by atoms with van der Waals surface area (Å²) in [4.78, 5) is 9.24. The molecule has 2 heterocycles. The van der Waals surface area contributed by atoms with Crippen LogP contribution in [0.15, 0.2) is 6.07 Å². The zero-order valence-electron chi connectivity index (χ0n) is 11.7. The third-order valence-corrected chi connectivity index (χ3v) is 4.48. The monoisotopic (exact) mass is 261 g/mol. The van der Waals surface area contributed by atoms with Gasteiger partial charge < -0.3 is 10.5 Å². The minimum atomic E-state index is -0.346. The summed E-state index contributed by atoms with van der Waals surface area (Å²) in [5, 5.41) is 0. The lowest BCUT2D eigenvalue weighted by Crippen LogP contribution is -2.33. The van der Waals surface area contributed by atoms with Gasteiger partial charge in [-0.15, -0.1) is 0 Å². The smallest absolute Gasteiger partial charge is 0.162 e. The van der Waals surface area contributed by atoms with Crippen LogP contribution in [0.1, 0.15) is 69.3 Å². The fourth-order valence-electron chi connectivity index (χ4n) is 3.26. The van der Waals surface area contributed by atoms with E-state index in [-0.39, 0.29) is 5.60 Å². The number of nitrogens with zero attached hydrogens (tertiary/aromatic N) is 2. The van der Waals surface area contributed by atoms with Gasteiger partial charge >= 0.3 is 0 Å². The van der Waals surface area contributed by atoms with Crippen LogP contribution in [0.5, 0.6) is 0 Å². The van der Waals surface area contributed by atoms with Gasteiger partial charge in [-0.25, -0.2) is 9.97 Å². The summed E-state index contributed by atoms with van der Waals surface area (Å²) in [6.45, 7) is 2.90. The van der Waals surface area contributed by atoms with E-state index in [0.717, 1.165) is 31.0 Å². The third-order valence-electron chi connectivity index (χ3n) is 4.48. The van der Waals surface area contributed by atoms with Crippen molar-refractivity contribution in [1.82, 2.24) is 9.97 Å². The van der Waals surface area contributed by atoms with Crippen molar-refractivity contribution < 1.29 is 4.74 Å². The molecule has 1 aromatic heterocycles. The highest BCUT2D eigenvalue weighted by Gasteiger charge is 2.34. The Morgan fingerprint density at radius 3 is 2.68 bits per heavy atom. The van der Waals surface area contributed by atoms with Crippen LogP contribution in [-0.2, 0) is 10.3 Å². The number of ether oxygens (including phenoxy) is 1. The first-order valence-electron chi connectivity index (χ1n) is 7.46. The second kappa shape index (κ2) is 5.08. The van der Waals surface area contributed by atoms with Gasteiger partial charge in [0.25, 0.3) is 0 Å². The Morgan fingerprint density at radius 1 is 1.21 bits per heavy atom. The van der Waals surface area contributed by atoms with Crippen LogP contribution in [0.3, 0.4) is 0 Å². The van der Waals surface area contributed by atoms with Crippen LogP contribution in [-0.4, -0.2) is 16.6 Å². The predicted molar refractivity (Wildman–Crippen MR) is 74.8 cm³/mol. The molecule has 1 unspecified atom stereocenters. The van der Waals surface area contributed by atoms with Crippen molar-refractivity contribution in [3.63, 3.8) is 0 Å². The van der Waals surface area contributed by atoms with Crippen LogP contribution in [0.2, 0.25) is 0 Å². The molecule has 1 saturated carbocycles. The van der Waals surface area contributed by atoms with Gasteiger partial charge in [0.1, 0.15) is 11.4 Å². The fourth-order valence-corrected chi connectivity index (χ4v) is 3.26. The highest BCUT2D eigenvalue weighted by molar-refractivity contribution is 5.33. The summed E-state index contributed by atoms with van der Waals surface area (Å²) < 4.78 is 5.94. The van der Waals surface area contributed by atoms with Gasteiger partial charge in [0.15, 0.2) is 5.82 Å². The van der Waals surface area contributed by atoms with Crippen LogP contribution < -0.4 is 5.73 Å². The van der Waals surface area contributed by atoms with E-state index in [4.69, 9.17) is 15.5 Å². The SMILES string of the molecule is CC1(c2nc(N)cc(C3CCCC3)n2)CCCCO1. The Kier molecular flexibility index (Phi) is 3.44. The van der Waals surface area contributed by atoms with Crippen LogP contribution in [0.25, 0.3) is 0 Å². The van der Waals surface area contributed by atoms with Crippen molar-refractivity contribution in [1.29, 1.82) is 0 Å². The van der Waals surface area contributed by atoms with Gasteiger partial charge in [0, 0.05) is 24.3 Å². The molecule has 0 spiro atoms. The molecule has 4 nitrogen and oxygen atoms in total. The third kappa shape index (κ3) is 2.59. The molecule has 1 aromatic rings. The molecule has 2 N–H and O–H groups in total. The first-order chi connectivity index (χ1) is 9.17. The molecule has 0 aromatic carbocycles. The normalized spacial score (nSPS) is 28.7. The van der Waals surface area contributed by atoms with Gasteiger partial charge in [-0.05, 0) is 39.0 Å². The van der Waals surface area contributed by atoms with Gasteiger partial charge in [0.2, 0.25) is 0 Å². The molecule has 1 aliphatic heterocycles. The summed E-state index contributed by atoms with van der Waals surface area (Å²) >= 11 is 0. The van der Waals surface area contributed by atoms with Crippen LogP contribution in [0, 0.1) is 0 Å². The van der Waals surface area contributed by atoms with E-state index >= 15 is 0 Å². The Labute approximate surface area is 114 Å². The maximum Gasteiger partial charge on any atom is 0.162 e. The van der Waals surface area contributed by atoms with E-state index in [1.807, 2.05) is 6.07 Å². The molecule has 1 saturated heterocycles. The lowest BCUT2D eigenvalue weighted by atomic mass is 9.94. The van der Waals surface area contributed by atoms with Crippen molar-refractivity contribution >= 4 is 5.82 Å². The summed E-state index contributed by atoms with van der Waals surface area (Å²) in [6.07, 6.45) is 8.36. The number of nitrogen functional groups attached to an aromatic ring is 1. The van der Waals surface area contributed by atoms with Gasteiger partial charge in [0.05, 0.1) is 0 Å². The molecule has 2 aliphatic rings. The van der Waals surface area contributed by atoms with Crippen molar-refractivity contribution in [2.24, 2.45) is 0 Å². The molecule has 2 fully saturated rings. The Morgan fingerprint density at radius 2 is 2.00 bits per heavy atom. The molecular weight excluding hydrogens is 238 g/mol. The summed E-state index contributed by atoms with van der Waals surface area (Å²) in [6, 6.07) is 1.95. The first kappa shape index (κ1) is 12.9. The number of hydrogen-bond acceptors (Lipinski definition) is 4. The Hall–Kier alpha value is -1.16. The molecule has 0 amide bonds. The van der Waals surface area contributed by atoms with Crippen molar-refractivity contribution in [3.05, 3.63) is 17.6 Å². The van der Waals surface area contributed by atoms with E-state index in [1.54, 1.807) is 0 Å². The highest BCUT2D eigenvalue weighted by Crippen LogP contribution is 2.37. The van der Waals surface area contributed by atoms with E-state index < -0.39 is 0 Å². The van der Waals surface area contributed by atoms with E-state index in [1.165, 1.54) is 32.1 Å². The predicted octanol–water partition coefficient (Wildman–Crippen LogP) is 3.13. The minimum Gasteiger partial charge on any atom is -0.384 e. The fraction of sp³-hybridized carbons (Fsp3) is 0.733. The summed E-state index contributed by atoms with van der Waals surface area (Å²) in [5.41, 5.74) is 6.76. The van der Waals surface area contributed by atoms with E-state index in [2.05, 4.69) is 11.9 Å². The van der Waals surface area contributed by atoms with Gasteiger partial charge in [-0.1, -0.05) is 12.8 Å². The van der Waals surface area contributed by atoms with E-state index in [0.29, 0.717) is 11.7 Å². The standard InChI is InChI=1S/C15H23N3O/c1-15(8-4-5-9-19-15)14-17-12(10-13(16)18-14)11-6-2-3-7-11/h10-11H,2-9H2,1H3,(H2,16,17,18). The van der Waals surface area contributed by atoms with Crippen LogP contribution >= 0.6 is 0 Å². The zero-order valence-corrected chi connectivity index (χ0v) is 11.7. The zero-order chi connectivity index (χ0) is 13.3. The lowest BCUT2D eigenvalue weighted by Gasteiger charge is -2.32. The Balaban J connectivity index is 1.92. The molecule has 3 rings (SSSR count). The average molecular weight is 261 g/mol. The topological polar surface area (TPSA) is 61.0 Å². The lowest BCUT2D eigenvalue weighted by molar-refractivity contribution is -0.0761. The number of hydrogen-bond donors (Lipinski definition) is 1. The number of anilines is 1. The molecule has 104 valence electrons. The van der Waals surface area contributed by atoms with Crippen molar-refractivity contribution in [2.45, 2.75) is 63.4 Å². The summed E-state index contributed by atoms with van der Waals surface area (Å²) in [5.74, 6) is 1.94. The second-order valence-electron chi connectivity index (χ2n) is 6.06. The minimum absolute atomic E-state index is 0.346. The molecular formula is C15H23N3O. The molecule has 4 heteroatoms. The maximum absolute atomic E-state index is 5.99. The van der Waals surface area contributed by atoms with Gasteiger partial charge in [-0.2, -0.15) is 0 Å². The highest BCUT2D eigenvalue weighted by atomic mass is 16.5. The second-order valence-corrected chi connectivity index (χ2v) is 6.06. The summed E-state index contributed by atoms with van der Waals surface area (Å²) in [7, 11) is 0. The van der Waals surface area contributed by atoms with Crippen molar-refractivity contribution in [3.8, 4) is 0 Å². The number of aromatic nitrogens is 2. The average Bonchev–Trinajstić information content (AvgIpc) is 2.93. The van der Waals surface area contributed by atoms with E-state index in [9.17, 15) is 0 Å². The quantitative estimate of drug-likeness (QED) is 0.888. The Bertz CT molecular complexity index is 449. The number of rotatable bonds is 2. The van der Waals surface area contributed by atoms with Crippen LogP contribution in [0.4, 0.5) is 5.82 Å². The molecule has 1 aliphatic carbocycles. The van der Waals surface area contributed by atoms with Crippen molar-refractivity contribution in [2.75, 3.05) is 12.3 Å². The molecule has 1 atom stereocenters.